The summed E-state index contributed by atoms with van der Waals surface area (Å²) in [5.74, 6) is -1.13. The number of cyclic esters (lactones) is 1. The monoisotopic (exact) mass is 697 g/mol. The summed E-state index contributed by atoms with van der Waals surface area (Å²) in [5.41, 5.74) is 0. The summed E-state index contributed by atoms with van der Waals surface area (Å²) in [6.07, 6.45) is 3.11. The highest BCUT2D eigenvalue weighted by molar-refractivity contribution is 5.91. The first-order chi connectivity index (χ1) is 23.2. The quantitative estimate of drug-likeness (QED) is 0.340. The molecular weight excluding hydrogens is 634 g/mol. The van der Waals surface area contributed by atoms with E-state index < -0.39 is 49.2 Å². The second kappa shape index (κ2) is 19.8. The Morgan fingerprint density at radius 2 is 1.57 bits per heavy atom. The number of ether oxygens (including phenoxy) is 7. The summed E-state index contributed by atoms with van der Waals surface area (Å²) in [7, 11) is 6.88. The van der Waals surface area contributed by atoms with Crippen molar-refractivity contribution in [1.82, 2.24) is 4.90 Å². The van der Waals surface area contributed by atoms with Gasteiger partial charge in [-0.15, -0.1) is 0 Å². The molecule has 2 N–H and O–H groups in total. The molecular formula is C37H63NO11. The third kappa shape index (κ3) is 11.4. The van der Waals surface area contributed by atoms with Crippen LogP contribution in [0.25, 0.3) is 0 Å². The number of aliphatic hydroxyl groups excluding tert-OH is 2. The van der Waals surface area contributed by atoms with Gasteiger partial charge in [0.1, 0.15) is 30.5 Å². The van der Waals surface area contributed by atoms with Gasteiger partial charge in [0, 0.05) is 38.5 Å². The lowest BCUT2D eigenvalue weighted by Crippen LogP contribution is -2.59. The summed E-state index contributed by atoms with van der Waals surface area (Å²) >= 11 is 0. The van der Waals surface area contributed by atoms with Crippen molar-refractivity contribution in [2.45, 2.75) is 141 Å². The predicted molar refractivity (Wildman–Crippen MR) is 183 cm³/mol. The van der Waals surface area contributed by atoms with Crippen molar-refractivity contribution in [2.75, 3.05) is 34.9 Å². The molecule has 0 unspecified atom stereocenters. The van der Waals surface area contributed by atoms with Crippen LogP contribution in [0.3, 0.4) is 0 Å². The Labute approximate surface area is 293 Å². The molecule has 49 heavy (non-hydrogen) atoms. The Bertz CT molecular complexity index is 1080. The zero-order chi connectivity index (χ0) is 36.4. The molecule has 0 spiro atoms. The van der Waals surface area contributed by atoms with E-state index in [1.807, 2.05) is 52.8 Å². The minimum absolute atomic E-state index is 0.00629. The minimum Gasteiger partial charge on any atom is -0.462 e. The zero-order valence-electron chi connectivity index (χ0n) is 31.2. The molecule has 0 radical (unpaired) electrons. The highest BCUT2D eigenvalue weighted by Gasteiger charge is 2.45. The number of carbonyl (C=O) groups excluding carboxylic acids is 2. The van der Waals surface area contributed by atoms with E-state index in [1.165, 1.54) is 14.2 Å². The third-order valence-corrected chi connectivity index (χ3v) is 10.4. The van der Waals surface area contributed by atoms with Gasteiger partial charge in [0.05, 0.1) is 24.9 Å². The molecule has 282 valence electrons. The standard InChI is InChI=1S/C37H63NO11/c1-11-29-26(20-45-37-35(44-10)34(43-9)31(41)25(6)47-37)14-12-13-15-28(39)22(3)18-23(4)33(21(2)16-17-30(40)48-29)49-36-32(42)27(38(7)8)19-24(5)46-36/h12-15,21-27,29,31-37,41-42H,11,16-20H2,1-10H3/b14-12+,15-13+/t21-,22+,23-,24+,25+,26+,27-,29+,31+,32+,33+,34+,35+,36-,37+/m0/s1. The van der Waals surface area contributed by atoms with Gasteiger partial charge >= 0.3 is 5.97 Å². The molecule has 15 atom stereocenters. The van der Waals surface area contributed by atoms with Crippen molar-refractivity contribution in [3.63, 3.8) is 0 Å². The van der Waals surface area contributed by atoms with Crippen molar-refractivity contribution in [3.8, 4) is 0 Å². The van der Waals surface area contributed by atoms with Gasteiger partial charge in [-0.3, -0.25) is 9.59 Å². The van der Waals surface area contributed by atoms with Crippen LogP contribution in [0.2, 0.25) is 0 Å². The fraction of sp³-hybridized carbons (Fsp3) is 0.838. The van der Waals surface area contributed by atoms with E-state index in [0.29, 0.717) is 25.7 Å². The van der Waals surface area contributed by atoms with Crippen LogP contribution in [0, 0.1) is 23.7 Å². The van der Waals surface area contributed by atoms with E-state index in [4.69, 9.17) is 33.2 Å². The van der Waals surface area contributed by atoms with E-state index >= 15 is 0 Å². The van der Waals surface area contributed by atoms with E-state index in [9.17, 15) is 19.8 Å². The molecule has 0 aliphatic carbocycles. The molecule has 2 saturated heterocycles. The van der Waals surface area contributed by atoms with Crippen molar-refractivity contribution in [1.29, 1.82) is 0 Å². The van der Waals surface area contributed by atoms with Crippen molar-refractivity contribution in [3.05, 3.63) is 24.3 Å². The number of ketones is 1. The molecule has 12 heteroatoms. The molecule has 0 amide bonds. The topological polar surface area (TPSA) is 142 Å². The number of carbonyl (C=O) groups is 2. The molecule has 3 rings (SSSR count). The van der Waals surface area contributed by atoms with Gasteiger partial charge in [-0.05, 0) is 71.5 Å². The van der Waals surface area contributed by atoms with Crippen molar-refractivity contribution in [2.24, 2.45) is 23.7 Å². The maximum atomic E-state index is 13.3. The number of allylic oxidation sites excluding steroid dienone is 3. The maximum Gasteiger partial charge on any atom is 0.306 e. The van der Waals surface area contributed by atoms with Crippen LogP contribution in [0.1, 0.15) is 73.6 Å². The predicted octanol–water partition coefficient (Wildman–Crippen LogP) is 3.66. The summed E-state index contributed by atoms with van der Waals surface area (Å²) in [6.45, 7) is 11.8. The average molecular weight is 698 g/mol. The van der Waals surface area contributed by atoms with Gasteiger partial charge < -0.3 is 48.3 Å². The lowest BCUT2D eigenvalue weighted by Gasteiger charge is -2.43. The maximum absolute atomic E-state index is 13.3. The normalized spacial score (nSPS) is 43.2. The largest absolute Gasteiger partial charge is 0.462 e. The Hall–Kier alpha value is -1.74. The molecule has 3 aliphatic heterocycles. The fourth-order valence-corrected chi connectivity index (χ4v) is 7.31. The van der Waals surface area contributed by atoms with Crippen LogP contribution in [-0.2, 0) is 42.7 Å². The second-order valence-corrected chi connectivity index (χ2v) is 14.5. The number of likely N-dealkylation sites (N-methyl/N-ethyl adjacent to an activating group) is 1. The van der Waals surface area contributed by atoms with E-state index in [-0.39, 0.29) is 66.7 Å². The second-order valence-electron chi connectivity index (χ2n) is 14.5. The lowest BCUT2D eigenvalue weighted by molar-refractivity contribution is -0.304. The number of rotatable bonds is 9. The van der Waals surface area contributed by atoms with Crippen LogP contribution in [0.5, 0.6) is 0 Å². The van der Waals surface area contributed by atoms with Gasteiger partial charge in [0.15, 0.2) is 18.4 Å². The van der Waals surface area contributed by atoms with Crippen LogP contribution >= 0.6 is 0 Å². The number of methoxy groups -OCH3 is 2. The van der Waals surface area contributed by atoms with Crippen LogP contribution in [0.15, 0.2) is 24.3 Å². The van der Waals surface area contributed by atoms with Crippen LogP contribution < -0.4 is 0 Å². The SMILES string of the molecule is CC[C@H]1OC(=O)CC[C@H](C)[C@@H](O[C@@H]2O[C@H](C)C[C@H](N(C)C)[C@H]2O)[C@@H](C)C[C@@H](C)C(=O)/C=C/C=C/[C@@H]1CO[C@@H]1O[C@H](C)[C@@H](O)[C@@H](OC)[C@H]1OC. The number of aliphatic hydroxyl groups is 2. The first kappa shape index (κ1) is 41.7. The molecule has 0 bridgehead atoms. The van der Waals surface area contributed by atoms with Crippen LogP contribution in [-0.4, -0.2) is 129 Å². The summed E-state index contributed by atoms with van der Waals surface area (Å²) in [5, 5.41) is 21.7. The minimum atomic E-state index is -0.888. The Morgan fingerprint density at radius 3 is 2.20 bits per heavy atom. The average Bonchev–Trinajstić information content (AvgIpc) is 3.06. The molecule has 3 heterocycles. The Balaban J connectivity index is 1.81. The number of hydrogen-bond donors (Lipinski definition) is 2. The fourth-order valence-electron chi connectivity index (χ4n) is 7.31. The number of esters is 1. The Morgan fingerprint density at radius 1 is 0.878 bits per heavy atom. The first-order valence-electron chi connectivity index (χ1n) is 18.0. The summed E-state index contributed by atoms with van der Waals surface area (Å²) in [6, 6.07) is -0.122. The van der Waals surface area contributed by atoms with Gasteiger partial charge in [-0.2, -0.15) is 0 Å². The first-order valence-corrected chi connectivity index (χ1v) is 18.0. The highest BCUT2D eigenvalue weighted by Crippen LogP contribution is 2.33. The molecule has 0 aromatic heterocycles. The smallest absolute Gasteiger partial charge is 0.306 e. The van der Waals surface area contributed by atoms with Gasteiger partial charge in [-0.25, -0.2) is 0 Å². The van der Waals surface area contributed by atoms with Gasteiger partial charge in [0.25, 0.3) is 0 Å². The molecule has 0 aromatic rings. The summed E-state index contributed by atoms with van der Waals surface area (Å²) < 4.78 is 42.0. The third-order valence-electron chi connectivity index (χ3n) is 10.4. The lowest BCUT2D eigenvalue weighted by atomic mass is 9.83. The van der Waals surface area contributed by atoms with E-state index in [0.717, 1.165) is 0 Å². The van der Waals surface area contributed by atoms with Gasteiger partial charge in [-0.1, -0.05) is 45.9 Å². The van der Waals surface area contributed by atoms with Gasteiger partial charge in [0.2, 0.25) is 0 Å². The summed E-state index contributed by atoms with van der Waals surface area (Å²) in [4.78, 5) is 28.6. The van der Waals surface area contributed by atoms with E-state index in [1.54, 1.807) is 25.2 Å². The molecule has 0 saturated carbocycles. The molecule has 3 aliphatic rings. The number of hydrogen-bond acceptors (Lipinski definition) is 12. The van der Waals surface area contributed by atoms with E-state index in [2.05, 4.69) is 6.92 Å². The zero-order valence-corrected chi connectivity index (χ0v) is 31.2. The number of nitrogens with zero attached hydrogens (tertiary/aromatic N) is 1. The molecule has 2 fully saturated rings. The van der Waals surface area contributed by atoms with Crippen molar-refractivity contribution >= 4 is 11.8 Å². The highest BCUT2D eigenvalue weighted by atomic mass is 16.7. The van der Waals surface area contributed by atoms with Crippen molar-refractivity contribution < 1.29 is 53.0 Å². The molecule has 0 aromatic carbocycles. The van der Waals surface area contributed by atoms with Crippen LogP contribution in [0.4, 0.5) is 0 Å². The molecule has 12 nitrogen and oxygen atoms in total. The Kier molecular flexibility index (Phi) is 16.8.